The molecule has 0 fully saturated rings. The zero-order valence-corrected chi connectivity index (χ0v) is 11.9. The predicted octanol–water partition coefficient (Wildman–Crippen LogP) is 2.63. The van der Waals surface area contributed by atoms with Gasteiger partial charge in [0.2, 0.25) is 5.88 Å². The molecule has 1 unspecified atom stereocenters. The number of aryl methyl sites for hydroxylation is 1. The van der Waals surface area contributed by atoms with Gasteiger partial charge in [-0.2, -0.15) is 0 Å². The van der Waals surface area contributed by atoms with Crippen molar-refractivity contribution in [1.29, 1.82) is 0 Å². The molecule has 0 radical (unpaired) electrons. The number of benzene rings is 1. The van der Waals surface area contributed by atoms with Gasteiger partial charge in [0.1, 0.15) is 12.1 Å². The summed E-state index contributed by atoms with van der Waals surface area (Å²) in [5, 5.41) is 3.30. The number of halogens is 1. The Labute approximate surface area is 118 Å². The number of hydrogen-bond acceptors (Lipinski definition) is 4. The third kappa shape index (κ3) is 3.11. The number of nitrogens with zero attached hydrogens (tertiary/aromatic N) is 2. The van der Waals surface area contributed by atoms with Gasteiger partial charge in [-0.25, -0.2) is 14.4 Å². The highest BCUT2D eigenvalue weighted by Crippen LogP contribution is 2.23. The molecule has 2 rings (SSSR count). The van der Waals surface area contributed by atoms with Gasteiger partial charge >= 0.3 is 0 Å². The van der Waals surface area contributed by atoms with E-state index in [0.29, 0.717) is 11.4 Å². The van der Waals surface area contributed by atoms with Crippen molar-refractivity contribution in [1.82, 2.24) is 15.3 Å². The summed E-state index contributed by atoms with van der Waals surface area (Å²) in [6.07, 6.45) is 1.45. The summed E-state index contributed by atoms with van der Waals surface area (Å²) in [6.45, 7) is 4.48. The Kier molecular flexibility index (Phi) is 4.63. The number of hydrogen-bond donors (Lipinski definition) is 1. The Hall–Kier alpha value is -2.01. The van der Waals surface area contributed by atoms with Crippen molar-refractivity contribution in [3.63, 3.8) is 0 Å². The highest BCUT2D eigenvalue weighted by Gasteiger charge is 2.16. The van der Waals surface area contributed by atoms with Crippen LogP contribution in [0.4, 0.5) is 4.39 Å². The quantitative estimate of drug-likeness (QED) is 0.911. The lowest BCUT2D eigenvalue weighted by Crippen LogP contribution is -2.23. The van der Waals surface area contributed by atoms with Crippen molar-refractivity contribution in [2.24, 2.45) is 0 Å². The average Bonchev–Trinajstić information content (AvgIpc) is 2.48. The van der Waals surface area contributed by atoms with Crippen LogP contribution in [-0.2, 0) is 0 Å². The number of rotatable bonds is 5. The van der Waals surface area contributed by atoms with Crippen LogP contribution in [0.25, 0.3) is 0 Å². The van der Waals surface area contributed by atoms with Crippen molar-refractivity contribution < 1.29 is 9.13 Å². The summed E-state index contributed by atoms with van der Waals surface area (Å²) in [6, 6.07) is 6.78. The number of aromatic nitrogens is 2. The summed E-state index contributed by atoms with van der Waals surface area (Å²) in [7, 11) is 1.56. The molecule has 106 valence electrons. The molecule has 4 nitrogen and oxygen atoms in total. The molecule has 0 aliphatic heterocycles. The molecule has 1 aromatic carbocycles. The van der Waals surface area contributed by atoms with Crippen LogP contribution in [0.15, 0.2) is 30.6 Å². The first-order valence-electron chi connectivity index (χ1n) is 6.51. The molecular weight excluding hydrogens is 257 g/mol. The van der Waals surface area contributed by atoms with Gasteiger partial charge in [0.15, 0.2) is 0 Å². The maximum atomic E-state index is 13.8. The number of methoxy groups -OCH3 is 1. The fraction of sp³-hybridized carbons (Fsp3) is 0.333. The minimum Gasteiger partial charge on any atom is -0.481 e. The SMILES string of the molecule is CCNC(c1ccc(C)c(F)c1)c1cc(OC)ncn1. The minimum atomic E-state index is -0.216. The Morgan fingerprint density at radius 2 is 2.10 bits per heavy atom. The monoisotopic (exact) mass is 275 g/mol. The smallest absolute Gasteiger partial charge is 0.216 e. The summed E-state index contributed by atoms with van der Waals surface area (Å²) >= 11 is 0. The molecule has 1 aromatic heterocycles. The van der Waals surface area contributed by atoms with Gasteiger partial charge in [0.25, 0.3) is 0 Å². The Morgan fingerprint density at radius 3 is 2.75 bits per heavy atom. The van der Waals surface area contributed by atoms with E-state index in [9.17, 15) is 4.39 Å². The molecule has 0 aliphatic rings. The van der Waals surface area contributed by atoms with Gasteiger partial charge in [0, 0.05) is 6.07 Å². The van der Waals surface area contributed by atoms with E-state index >= 15 is 0 Å². The highest BCUT2D eigenvalue weighted by molar-refractivity contribution is 5.32. The highest BCUT2D eigenvalue weighted by atomic mass is 19.1. The number of nitrogens with one attached hydrogen (secondary N) is 1. The number of ether oxygens (including phenoxy) is 1. The van der Waals surface area contributed by atoms with E-state index in [1.807, 2.05) is 13.0 Å². The maximum Gasteiger partial charge on any atom is 0.216 e. The van der Waals surface area contributed by atoms with E-state index in [0.717, 1.165) is 17.8 Å². The first-order valence-corrected chi connectivity index (χ1v) is 6.51. The molecule has 20 heavy (non-hydrogen) atoms. The molecule has 1 heterocycles. The van der Waals surface area contributed by atoms with Gasteiger partial charge in [-0.15, -0.1) is 0 Å². The Bertz CT molecular complexity index is 589. The van der Waals surface area contributed by atoms with Crippen LogP contribution in [0.5, 0.6) is 5.88 Å². The third-order valence-electron chi connectivity index (χ3n) is 3.11. The zero-order valence-electron chi connectivity index (χ0n) is 11.9. The lowest BCUT2D eigenvalue weighted by molar-refractivity contribution is 0.395. The van der Waals surface area contributed by atoms with E-state index in [2.05, 4.69) is 15.3 Å². The minimum absolute atomic E-state index is 0.188. The second-order valence-corrected chi connectivity index (χ2v) is 4.48. The van der Waals surface area contributed by atoms with Crippen molar-refractivity contribution >= 4 is 0 Å². The maximum absolute atomic E-state index is 13.8. The van der Waals surface area contributed by atoms with Crippen LogP contribution in [0, 0.1) is 12.7 Å². The first-order chi connectivity index (χ1) is 9.65. The molecule has 0 spiro atoms. The van der Waals surface area contributed by atoms with Crippen LogP contribution in [0.3, 0.4) is 0 Å². The van der Waals surface area contributed by atoms with E-state index in [-0.39, 0.29) is 11.9 Å². The second-order valence-electron chi connectivity index (χ2n) is 4.48. The molecule has 0 aliphatic carbocycles. The van der Waals surface area contributed by atoms with Crippen molar-refractivity contribution in [2.45, 2.75) is 19.9 Å². The first kappa shape index (κ1) is 14.4. The molecular formula is C15H18FN3O. The van der Waals surface area contributed by atoms with Crippen LogP contribution < -0.4 is 10.1 Å². The summed E-state index contributed by atoms with van der Waals surface area (Å²) in [5.41, 5.74) is 2.21. The third-order valence-corrected chi connectivity index (χ3v) is 3.11. The van der Waals surface area contributed by atoms with E-state index < -0.39 is 0 Å². The van der Waals surface area contributed by atoms with Crippen molar-refractivity contribution in [3.05, 3.63) is 53.2 Å². The molecule has 2 aromatic rings. The van der Waals surface area contributed by atoms with Crippen LogP contribution in [0.1, 0.15) is 29.8 Å². The topological polar surface area (TPSA) is 47.0 Å². The molecule has 0 amide bonds. The summed E-state index contributed by atoms with van der Waals surface area (Å²) in [4.78, 5) is 8.25. The standard InChI is InChI=1S/C15H18FN3O/c1-4-17-15(11-6-5-10(2)12(16)7-11)13-8-14(20-3)19-9-18-13/h5-9,15,17H,4H2,1-3H3. The molecule has 1 atom stereocenters. The zero-order chi connectivity index (χ0) is 14.5. The molecule has 0 bridgehead atoms. The largest absolute Gasteiger partial charge is 0.481 e. The van der Waals surface area contributed by atoms with E-state index in [1.54, 1.807) is 26.2 Å². The summed E-state index contributed by atoms with van der Waals surface area (Å²) < 4.78 is 18.9. The van der Waals surface area contributed by atoms with E-state index in [4.69, 9.17) is 4.74 Å². The van der Waals surface area contributed by atoms with Gasteiger partial charge in [0.05, 0.1) is 18.8 Å². The summed E-state index contributed by atoms with van der Waals surface area (Å²) in [5.74, 6) is 0.275. The average molecular weight is 275 g/mol. The predicted molar refractivity (Wildman–Crippen MR) is 75.2 cm³/mol. The second kappa shape index (κ2) is 6.43. The van der Waals surface area contributed by atoms with Gasteiger partial charge in [-0.3, -0.25) is 0 Å². The fourth-order valence-corrected chi connectivity index (χ4v) is 2.01. The Balaban J connectivity index is 2.41. The molecule has 0 saturated carbocycles. The van der Waals surface area contributed by atoms with Crippen LogP contribution in [-0.4, -0.2) is 23.6 Å². The van der Waals surface area contributed by atoms with Crippen molar-refractivity contribution in [3.8, 4) is 5.88 Å². The van der Waals surface area contributed by atoms with Crippen LogP contribution >= 0.6 is 0 Å². The van der Waals surface area contributed by atoms with Crippen molar-refractivity contribution in [2.75, 3.05) is 13.7 Å². The molecule has 0 saturated heterocycles. The normalized spacial score (nSPS) is 12.2. The van der Waals surface area contributed by atoms with Gasteiger partial charge in [-0.1, -0.05) is 19.1 Å². The lowest BCUT2D eigenvalue weighted by Gasteiger charge is -2.18. The molecule has 5 heteroatoms. The van der Waals surface area contributed by atoms with Gasteiger partial charge in [-0.05, 0) is 30.7 Å². The van der Waals surface area contributed by atoms with E-state index in [1.165, 1.54) is 12.4 Å². The Morgan fingerprint density at radius 1 is 1.30 bits per heavy atom. The molecule has 1 N–H and O–H groups in total. The van der Waals surface area contributed by atoms with Gasteiger partial charge < -0.3 is 10.1 Å². The van der Waals surface area contributed by atoms with Crippen LogP contribution in [0.2, 0.25) is 0 Å². The lowest BCUT2D eigenvalue weighted by atomic mass is 10.0. The fourth-order valence-electron chi connectivity index (χ4n) is 2.01.